The SMILES string of the molecule is CCCNc1ccc(CN2CCN(C3CC3)CC2)cn1. The molecular weight excluding hydrogens is 248 g/mol. The van der Waals surface area contributed by atoms with Gasteiger partial charge in [0, 0.05) is 51.5 Å². The highest BCUT2D eigenvalue weighted by Gasteiger charge is 2.30. The number of piperazine rings is 1. The van der Waals surface area contributed by atoms with Crippen molar-refractivity contribution in [3.05, 3.63) is 23.9 Å². The largest absolute Gasteiger partial charge is 0.370 e. The molecule has 4 heteroatoms. The van der Waals surface area contributed by atoms with E-state index in [1.807, 2.05) is 6.20 Å². The van der Waals surface area contributed by atoms with Gasteiger partial charge in [0.05, 0.1) is 0 Å². The van der Waals surface area contributed by atoms with Crippen LogP contribution >= 0.6 is 0 Å². The lowest BCUT2D eigenvalue weighted by molar-refractivity contribution is 0.121. The summed E-state index contributed by atoms with van der Waals surface area (Å²) in [6.45, 7) is 9.10. The van der Waals surface area contributed by atoms with Gasteiger partial charge in [0.1, 0.15) is 5.82 Å². The molecule has 0 spiro atoms. The number of rotatable bonds is 6. The second-order valence-corrected chi connectivity index (χ2v) is 6.02. The second-order valence-electron chi connectivity index (χ2n) is 6.02. The summed E-state index contributed by atoms with van der Waals surface area (Å²) in [5.41, 5.74) is 1.33. The van der Waals surface area contributed by atoms with Crippen molar-refractivity contribution >= 4 is 5.82 Å². The Hall–Kier alpha value is -1.13. The van der Waals surface area contributed by atoms with Gasteiger partial charge in [-0.25, -0.2) is 4.98 Å². The van der Waals surface area contributed by atoms with Gasteiger partial charge in [0.2, 0.25) is 0 Å². The molecular formula is C16H26N4. The normalized spacial score (nSPS) is 21.1. The van der Waals surface area contributed by atoms with Crippen molar-refractivity contribution < 1.29 is 0 Å². The van der Waals surface area contributed by atoms with Crippen LogP contribution in [0.4, 0.5) is 5.82 Å². The van der Waals surface area contributed by atoms with Crippen molar-refractivity contribution in [2.75, 3.05) is 38.0 Å². The molecule has 0 bridgehead atoms. The van der Waals surface area contributed by atoms with Gasteiger partial charge >= 0.3 is 0 Å². The van der Waals surface area contributed by atoms with E-state index in [4.69, 9.17) is 0 Å². The van der Waals surface area contributed by atoms with Crippen molar-refractivity contribution in [2.24, 2.45) is 0 Å². The van der Waals surface area contributed by atoms with E-state index in [-0.39, 0.29) is 0 Å². The molecule has 1 aliphatic carbocycles. The van der Waals surface area contributed by atoms with Crippen LogP contribution in [0.15, 0.2) is 18.3 Å². The van der Waals surface area contributed by atoms with Crippen molar-refractivity contribution in [1.82, 2.24) is 14.8 Å². The molecule has 0 radical (unpaired) electrons. The number of pyridine rings is 1. The number of hydrogen-bond acceptors (Lipinski definition) is 4. The number of nitrogens with one attached hydrogen (secondary N) is 1. The number of hydrogen-bond donors (Lipinski definition) is 1. The van der Waals surface area contributed by atoms with Crippen LogP contribution < -0.4 is 5.32 Å². The molecule has 110 valence electrons. The summed E-state index contributed by atoms with van der Waals surface area (Å²) < 4.78 is 0. The molecule has 1 aromatic heterocycles. The van der Waals surface area contributed by atoms with Gasteiger partial charge < -0.3 is 5.32 Å². The lowest BCUT2D eigenvalue weighted by Gasteiger charge is -2.34. The van der Waals surface area contributed by atoms with E-state index in [1.54, 1.807) is 0 Å². The van der Waals surface area contributed by atoms with Crippen molar-refractivity contribution in [2.45, 2.75) is 38.8 Å². The number of anilines is 1. The van der Waals surface area contributed by atoms with Gasteiger partial charge in [-0.1, -0.05) is 13.0 Å². The minimum absolute atomic E-state index is 0.919. The molecule has 0 aromatic carbocycles. The average molecular weight is 274 g/mol. The Balaban J connectivity index is 1.45. The van der Waals surface area contributed by atoms with E-state index >= 15 is 0 Å². The second kappa shape index (κ2) is 6.55. The van der Waals surface area contributed by atoms with Crippen LogP contribution in [-0.2, 0) is 6.54 Å². The van der Waals surface area contributed by atoms with Crippen molar-refractivity contribution in [1.29, 1.82) is 0 Å². The van der Waals surface area contributed by atoms with Crippen LogP contribution in [0.1, 0.15) is 31.7 Å². The summed E-state index contributed by atoms with van der Waals surface area (Å²) in [7, 11) is 0. The molecule has 20 heavy (non-hydrogen) atoms. The highest BCUT2D eigenvalue weighted by atomic mass is 15.3. The van der Waals surface area contributed by atoms with Gasteiger partial charge in [0.15, 0.2) is 0 Å². The zero-order valence-electron chi connectivity index (χ0n) is 12.5. The van der Waals surface area contributed by atoms with Crippen LogP contribution in [0.3, 0.4) is 0 Å². The summed E-state index contributed by atoms with van der Waals surface area (Å²) in [5, 5.41) is 3.32. The highest BCUT2D eigenvalue weighted by molar-refractivity contribution is 5.35. The predicted molar refractivity (Wildman–Crippen MR) is 82.9 cm³/mol. The van der Waals surface area contributed by atoms with Crippen LogP contribution in [0.25, 0.3) is 0 Å². The first-order valence-electron chi connectivity index (χ1n) is 8.00. The molecule has 1 saturated heterocycles. The molecule has 4 nitrogen and oxygen atoms in total. The zero-order valence-corrected chi connectivity index (χ0v) is 12.5. The Labute approximate surface area is 122 Å². The lowest BCUT2D eigenvalue weighted by Crippen LogP contribution is -2.46. The molecule has 2 fully saturated rings. The van der Waals surface area contributed by atoms with E-state index in [2.05, 4.69) is 39.2 Å². The predicted octanol–water partition coefficient (Wildman–Crippen LogP) is 2.18. The third-order valence-corrected chi connectivity index (χ3v) is 4.26. The maximum atomic E-state index is 4.49. The van der Waals surface area contributed by atoms with E-state index in [9.17, 15) is 0 Å². The first kappa shape index (κ1) is 13.8. The van der Waals surface area contributed by atoms with Gasteiger partial charge in [-0.05, 0) is 30.9 Å². The maximum absolute atomic E-state index is 4.49. The Morgan fingerprint density at radius 3 is 2.60 bits per heavy atom. The maximum Gasteiger partial charge on any atom is 0.125 e. The minimum atomic E-state index is 0.919. The monoisotopic (exact) mass is 274 g/mol. The molecule has 2 heterocycles. The first-order valence-corrected chi connectivity index (χ1v) is 8.00. The Morgan fingerprint density at radius 1 is 1.20 bits per heavy atom. The molecule has 1 aromatic rings. The highest BCUT2D eigenvalue weighted by Crippen LogP contribution is 2.27. The van der Waals surface area contributed by atoms with Crippen molar-refractivity contribution in [3.8, 4) is 0 Å². The Morgan fingerprint density at radius 2 is 2.00 bits per heavy atom. The number of nitrogens with zero attached hydrogens (tertiary/aromatic N) is 3. The quantitative estimate of drug-likeness (QED) is 0.861. The molecule has 0 atom stereocenters. The fourth-order valence-electron chi connectivity index (χ4n) is 2.86. The molecule has 3 rings (SSSR count). The van der Waals surface area contributed by atoms with Gasteiger partial charge in [0.25, 0.3) is 0 Å². The average Bonchev–Trinajstić information content (AvgIpc) is 3.32. The van der Waals surface area contributed by atoms with Crippen LogP contribution in [0.5, 0.6) is 0 Å². The third kappa shape index (κ3) is 3.70. The van der Waals surface area contributed by atoms with Crippen LogP contribution in [0.2, 0.25) is 0 Å². The summed E-state index contributed by atoms with van der Waals surface area (Å²) >= 11 is 0. The molecule has 1 N–H and O–H groups in total. The number of aromatic nitrogens is 1. The van der Waals surface area contributed by atoms with Crippen molar-refractivity contribution in [3.63, 3.8) is 0 Å². The van der Waals surface area contributed by atoms with Gasteiger partial charge in [-0.2, -0.15) is 0 Å². The topological polar surface area (TPSA) is 31.4 Å². The van der Waals surface area contributed by atoms with E-state index in [0.717, 1.165) is 31.4 Å². The Bertz CT molecular complexity index is 405. The smallest absolute Gasteiger partial charge is 0.125 e. The van der Waals surface area contributed by atoms with E-state index in [0.29, 0.717) is 0 Å². The zero-order chi connectivity index (χ0) is 13.8. The van der Waals surface area contributed by atoms with Gasteiger partial charge in [-0.15, -0.1) is 0 Å². The standard InChI is InChI=1S/C16H26N4/c1-2-7-17-16-6-3-14(12-18-16)13-19-8-10-20(11-9-19)15-4-5-15/h3,6,12,15H,2,4-5,7-11,13H2,1H3,(H,17,18). The summed E-state index contributed by atoms with van der Waals surface area (Å²) in [6, 6.07) is 5.23. The Kier molecular flexibility index (Phi) is 4.53. The fraction of sp³-hybridized carbons (Fsp3) is 0.688. The fourth-order valence-corrected chi connectivity index (χ4v) is 2.86. The molecule has 1 aliphatic heterocycles. The third-order valence-electron chi connectivity index (χ3n) is 4.26. The lowest BCUT2D eigenvalue weighted by atomic mass is 10.2. The van der Waals surface area contributed by atoms with Gasteiger partial charge in [-0.3, -0.25) is 9.80 Å². The summed E-state index contributed by atoms with van der Waals surface area (Å²) in [4.78, 5) is 9.70. The van der Waals surface area contributed by atoms with E-state index < -0.39 is 0 Å². The molecule has 1 saturated carbocycles. The molecule has 0 unspecified atom stereocenters. The molecule has 2 aliphatic rings. The summed E-state index contributed by atoms with van der Waals surface area (Å²) in [5.74, 6) is 0.995. The van der Waals surface area contributed by atoms with Crippen LogP contribution in [-0.4, -0.2) is 53.5 Å². The minimum Gasteiger partial charge on any atom is -0.370 e. The van der Waals surface area contributed by atoms with Crippen LogP contribution in [0, 0.1) is 0 Å². The molecule has 0 amide bonds. The summed E-state index contributed by atoms with van der Waals surface area (Å²) in [6.07, 6.45) is 6.01. The first-order chi connectivity index (χ1) is 9.85. The van der Waals surface area contributed by atoms with E-state index in [1.165, 1.54) is 44.6 Å².